The number of nitrogens with zero attached hydrogens (tertiary/aromatic N) is 5. The summed E-state index contributed by atoms with van der Waals surface area (Å²) in [4.78, 5) is 30.9. The second-order valence-electron chi connectivity index (χ2n) is 12.1. The first-order valence-electron chi connectivity index (χ1n) is 14.3. The van der Waals surface area contributed by atoms with Gasteiger partial charge in [-0.2, -0.15) is 5.10 Å². The average Bonchev–Trinajstić information content (AvgIpc) is 3.45. The lowest BCUT2D eigenvalue weighted by atomic mass is 9.64. The van der Waals surface area contributed by atoms with Crippen LogP contribution >= 0.6 is 0 Å². The maximum absolute atomic E-state index is 15.2. The molecule has 4 rings (SSSR count). The average molecular weight is 584 g/mol. The van der Waals surface area contributed by atoms with Crippen LogP contribution in [0, 0.1) is 12.3 Å². The van der Waals surface area contributed by atoms with Crippen molar-refractivity contribution >= 4 is 17.7 Å². The van der Waals surface area contributed by atoms with Crippen molar-refractivity contribution in [3.05, 3.63) is 64.6 Å². The third-order valence-corrected chi connectivity index (χ3v) is 8.05. The van der Waals surface area contributed by atoms with Crippen LogP contribution in [0.4, 0.5) is 9.18 Å². The van der Waals surface area contributed by atoms with Crippen LogP contribution in [0.25, 0.3) is 5.65 Å². The number of hydrogen-bond acceptors (Lipinski definition) is 7. The minimum absolute atomic E-state index is 0.231. The number of alkyl halides is 1. The van der Waals surface area contributed by atoms with E-state index in [0.29, 0.717) is 18.7 Å². The number of fused-ring (bicyclic) bond motifs is 1. The summed E-state index contributed by atoms with van der Waals surface area (Å²) in [6.45, 7) is 13.8. The fourth-order valence-electron chi connectivity index (χ4n) is 5.17. The lowest BCUT2D eigenvalue weighted by Gasteiger charge is -2.45. The summed E-state index contributed by atoms with van der Waals surface area (Å²) in [7, 11) is 3.46. The van der Waals surface area contributed by atoms with Gasteiger partial charge in [0, 0.05) is 38.0 Å². The highest BCUT2D eigenvalue weighted by molar-refractivity contribution is 5.89. The van der Waals surface area contributed by atoms with Gasteiger partial charge >= 0.3 is 12.1 Å². The molecule has 3 heterocycles. The van der Waals surface area contributed by atoms with Crippen LogP contribution in [0.15, 0.2) is 36.4 Å². The van der Waals surface area contributed by atoms with Gasteiger partial charge in [0.25, 0.3) is 0 Å². The molecule has 0 saturated carbocycles. The number of amides is 1. The van der Waals surface area contributed by atoms with Crippen molar-refractivity contribution in [1.82, 2.24) is 24.1 Å². The minimum Gasteiger partial charge on any atom is -0.497 e. The van der Waals surface area contributed by atoms with E-state index in [2.05, 4.69) is 10.1 Å². The summed E-state index contributed by atoms with van der Waals surface area (Å²) in [5.41, 5.74) is 2.86. The fraction of sp³-hybridized carbons (Fsp3) is 0.548. The second kappa shape index (κ2) is 11.8. The van der Waals surface area contributed by atoms with E-state index in [1.807, 2.05) is 64.3 Å². The molecule has 3 aromatic rings. The molecule has 0 aromatic carbocycles. The minimum atomic E-state index is -1.19. The van der Waals surface area contributed by atoms with E-state index in [-0.39, 0.29) is 24.8 Å². The highest BCUT2D eigenvalue weighted by atomic mass is 19.1. The summed E-state index contributed by atoms with van der Waals surface area (Å²) in [6.07, 6.45) is 4.01. The van der Waals surface area contributed by atoms with E-state index < -0.39 is 29.3 Å². The number of carbonyl (C=O) groups is 2. The van der Waals surface area contributed by atoms with E-state index >= 15 is 4.39 Å². The molecule has 1 unspecified atom stereocenters. The van der Waals surface area contributed by atoms with Crippen LogP contribution < -0.4 is 0 Å². The summed E-state index contributed by atoms with van der Waals surface area (Å²) < 4.78 is 35.6. The lowest BCUT2D eigenvalue weighted by Crippen LogP contribution is -2.44. The predicted molar refractivity (Wildman–Crippen MR) is 156 cm³/mol. The van der Waals surface area contributed by atoms with Gasteiger partial charge in [-0.05, 0) is 65.2 Å². The summed E-state index contributed by atoms with van der Waals surface area (Å²) in [5, 5.41) is 4.32. The van der Waals surface area contributed by atoms with Gasteiger partial charge in [0.05, 0.1) is 37.1 Å². The molecule has 0 bridgehead atoms. The van der Waals surface area contributed by atoms with Crippen molar-refractivity contribution in [2.45, 2.75) is 79.1 Å². The normalized spacial score (nSPS) is 19.2. The Morgan fingerprint density at radius 1 is 1.26 bits per heavy atom. The van der Waals surface area contributed by atoms with E-state index in [1.54, 1.807) is 31.9 Å². The Morgan fingerprint density at radius 2 is 1.98 bits per heavy atom. The zero-order valence-electron chi connectivity index (χ0n) is 26.0. The van der Waals surface area contributed by atoms with Crippen molar-refractivity contribution in [1.29, 1.82) is 0 Å². The molecule has 42 heavy (non-hydrogen) atoms. The van der Waals surface area contributed by atoms with Crippen LogP contribution in [0.3, 0.4) is 0 Å². The smallest absolute Gasteiger partial charge is 0.410 e. The molecule has 0 fully saturated rings. The van der Waals surface area contributed by atoms with Crippen molar-refractivity contribution < 1.29 is 28.2 Å². The van der Waals surface area contributed by atoms with Gasteiger partial charge in [-0.3, -0.25) is 4.68 Å². The van der Waals surface area contributed by atoms with Crippen LogP contribution in [0.1, 0.15) is 80.5 Å². The van der Waals surface area contributed by atoms with Crippen molar-refractivity contribution in [3.8, 4) is 0 Å². The maximum Gasteiger partial charge on any atom is 0.410 e. The summed E-state index contributed by atoms with van der Waals surface area (Å²) in [6, 6.07) is 3.84. The van der Waals surface area contributed by atoms with Crippen molar-refractivity contribution in [2.75, 3.05) is 20.3 Å². The van der Waals surface area contributed by atoms with Gasteiger partial charge in [0.1, 0.15) is 23.2 Å². The van der Waals surface area contributed by atoms with Gasteiger partial charge in [-0.25, -0.2) is 19.0 Å². The number of aryl methyl sites for hydroxylation is 1. The Morgan fingerprint density at radius 3 is 2.62 bits per heavy atom. The quantitative estimate of drug-likeness (QED) is 0.290. The molecule has 3 aromatic heterocycles. The molecule has 11 heteroatoms. The van der Waals surface area contributed by atoms with E-state index in [1.165, 1.54) is 11.0 Å². The molecule has 1 amide bonds. The van der Waals surface area contributed by atoms with Gasteiger partial charge in [-0.15, -0.1) is 0 Å². The van der Waals surface area contributed by atoms with Gasteiger partial charge < -0.3 is 23.5 Å². The Balaban J connectivity index is 1.48. The molecule has 0 spiro atoms. The zero-order chi connectivity index (χ0) is 31.0. The predicted octanol–water partition coefficient (Wildman–Crippen LogP) is 5.52. The highest BCUT2D eigenvalue weighted by Gasteiger charge is 2.51. The van der Waals surface area contributed by atoms with Crippen molar-refractivity contribution in [3.63, 3.8) is 0 Å². The maximum atomic E-state index is 15.2. The topological polar surface area (TPSA) is 100 Å². The molecule has 3 atom stereocenters. The molecule has 0 N–H and O–H groups in total. The number of esters is 1. The number of halogens is 1. The fourth-order valence-corrected chi connectivity index (χ4v) is 5.17. The molecule has 228 valence electrons. The molecule has 1 aliphatic carbocycles. The Hall–Kier alpha value is -3.89. The number of aromatic nitrogens is 4. The zero-order valence-corrected chi connectivity index (χ0v) is 26.0. The Kier molecular flexibility index (Phi) is 8.71. The largest absolute Gasteiger partial charge is 0.497 e. The number of rotatable bonds is 10. The van der Waals surface area contributed by atoms with Crippen LogP contribution in [-0.2, 0) is 34.2 Å². The SMILES string of the molecule is CCOC(=O)c1nn(C)c(C)c1CCOC1=CC(F)[C@]1(C)[C@H](C)c1ccc2ncc(CN(C)C(=O)OC(C)(C)C)n2c1. The number of allylic oxidation sites excluding steroid dienone is 2. The molecular formula is C31H42FN5O5. The molecule has 10 nitrogen and oxygen atoms in total. The number of ether oxygens (including phenoxy) is 3. The summed E-state index contributed by atoms with van der Waals surface area (Å²) >= 11 is 0. The Bertz CT molecular complexity index is 1500. The standard InChI is InChI=1S/C31H42FN5O5/c1-10-40-28(38)27-23(20(3)36(9)34-27)13-14-41-25-15-24(32)31(25,7)19(2)21-11-12-26-33-16-22(37(26)17-21)18-35(8)29(39)42-30(4,5)6/h11-12,15-17,19,24H,10,13-14,18H2,1-9H3/t19-,24?,31+/m1/s1. The Labute approximate surface area is 246 Å². The number of imidazole rings is 1. The first-order valence-corrected chi connectivity index (χ1v) is 14.3. The third-order valence-electron chi connectivity index (χ3n) is 8.05. The number of hydrogen-bond donors (Lipinski definition) is 0. The van der Waals surface area contributed by atoms with Gasteiger partial charge in [0.15, 0.2) is 5.69 Å². The van der Waals surface area contributed by atoms with E-state index in [9.17, 15) is 9.59 Å². The molecular weight excluding hydrogens is 541 g/mol. The first kappa shape index (κ1) is 31.1. The molecule has 0 aliphatic heterocycles. The van der Waals surface area contributed by atoms with Crippen LogP contribution in [-0.4, -0.2) is 68.2 Å². The van der Waals surface area contributed by atoms with E-state index in [0.717, 1.165) is 28.2 Å². The van der Waals surface area contributed by atoms with Gasteiger partial charge in [0.2, 0.25) is 0 Å². The second-order valence-corrected chi connectivity index (χ2v) is 12.1. The van der Waals surface area contributed by atoms with Gasteiger partial charge in [-0.1, -0.05) is 13.0 Å². The molecule has 0 saturated heterocycles. The summed E-state index contributed by atoms with van der Waals surface area (Å²) in [5.74, 6) is -0.115. The lowest BCUT2D eigenvalue weighted by molar-refractivity contribution is 0.0281. The molecule has 1 aliphatic rings. The van der Waals surface area contributed by atoms with Crippen LogP contribution in [0.5, 0.6) is 0 Å². The monoisotopic (exact) mass is 583 g/mol. The first-order chi connectivity index (χ1) is 19.7. The third kappa shape index (κ3) is 6.00. The molecule has 0 radical (unpaired) electrons. The highest BCUT2D eigenvalue weighted by Crippen LogP contribution is 2.53. The van der Waals surface area contributed by atoms with Crippen LogP contribution in [0.2, 0.25) is 0 Å². The van der Waals surface area contributed by atoms with E-state index in [4.69, 9.17) is 14.2 Å². The number of carbonyl (C=O) groups excluding carboxylic acids is 2. The van der Waals surface area contributed by atoms with Crippen molar-refractivity contribution in [2.24, 2.45) is 12.5 Å². The number of pyridine rings is 1.